The van der Waals surface area contributed by atoms with Crippen molar-refractivity contribution in [2.24, 2.45) is 0 Å². The predicted molar refractivity (Wildman–Crippen MR) is 98.7 cm³/mol. The van der Waals surface area contributed by atoms with Crippen molar-refractivity contribution in [1.82, 2.24) is 5.32 Å². The molecule has 2 N–H and O–H groups in total. The monoisotopic (exact) mass is 326 g/mol. The Morgan fingerprint density at radius 1 is 1.08 bits per heavy atom. The Morgan fingerprint density at radius 3 is 2.12 bits per heavy atom. The van der Waals surface area contributed by atoms with Crippen molar-refractivity contribution in [1.29, 1.82) is 0 Å². The minimum absolute atomic E-state index is 0.144. The molecule has 0 aliphatic heterocycles. The van der Waals surface area contributed by atoms with Gasteiger partial charge in [-0.15, -0.1) is 0 Å². The lowest BCUT2D eigenvalue weighted by molar-refractivity contribution is 0.0915. The Balaban J connectivity index is 2.03. The van der Waals surface area contributed by atoms with Gasteiger partial charge in [-0.05, 0) is 49.6 Å². The number of nitrogens with one attached hydrogen (secondary N) is 1. The molecule has 0 saturated carbocycles. The summed E-state index contributed by atoms with van der Waals surface area (Å²) < 4.78 is 0. The van der Waals surface area contributed by atoms with Gasteiger partial charge in [0.25, 0.3) is 5.91 Å². The van der Waals surface area contributed by atoms with Gasteiger partial charge in [0, 0.05) is 31.9 Å². The molecule has 0 aliphatic rings. The Kier molecular flexibility index (Phi) is 5.62. The molecule has 4 heteroatoms. The molecule has 0 fully saturated rings. The van der Waals surface area contributed by atoms with Gasteiger partial charge in [-0.1, -0.05) is 29.8 Å². The molecular formula is C20H26N2O2. The highest BCUT2D eigenvalue weighted by Gasteiger charge is 2.15. The number of hydrogen-bond donors (Lipinski definition) is 2. The fraction of sp³-hybridized carbons (Fsp3) is 0.350. The van der Waals surface area contributed by atoms with Crippen LogP contribution in [0.3, 0.4) is 0 Å². The van der Waals surface area contributed by atoms with Crippen molar-refractivity contribution in [3.63, 3.8) is 0 Å². The van der Waals surface area contributed by atoms with E-state index in [1.54, 1.807) is 0 Å². The highest BCUT2D eigenvalue weighted by molar-refractivity contribution is 5.97. The lowest BCUT2D eigenvalue weighted by Crippen LogP contribution is -2.29. The maximum Gasteiger partial charge on any atom is 0.251 e. The zero-order chi connectivity index (χ0) is 17.9. The Bertz CT molecular complexity index is 698. The number of carbonyl (C=O) groups is 1. The fourth-order valence-corrected chi connectivity index (χ4v) is 2.93. The molecule has 4 nitrogen and oxygen atoms in total. The van der Waals surface area contributed by atoms with Gasteiger partial charge in [-0.3, -0.25) is 4.79 Å². The molecule has 2 rings (SSSR count). The zero-order valence-electron chi connectivity index (χ0n) is 15.1. The second-order valence-electron chi connectivity index (χ2n) is 6.49. The number of hydrogen-bond acceptors (Lipinski definition) is 3. The fourth-order valence-electron chi connectivity index (χ4n) is 2.93. The number of benzene rings is 2. The first-order valence-corrected chi connectivity index (χ1v) is 8.11. The third kappa shape index (κ3) is 4.15. The van der Waals surface area contributed by atoms with Crippen LogP contribution in [0.25, 0.3) is 0 Å². The Morgan fingerprint density at radius 2 is 1.62 bits per heavy atom. The van der Waals surface area contributed by atoms with E-state index < -0.39 is 6.10 Å². The smallest absolute Gasteiger partial charge is 0.251 e. The number of aliphatic hydroxyl groups excluding tert-OH is 1. The lowest BCUT2D eigenvalue weighted by Gasteiger charge is -2.17. The third-order valence-electron chi connectivity index (χ3n) is 4.15. The van der Waals surface area contributed by atoms with E-state index in [9.17, 15) is 9.90 Å². The quantitative estimate of drug-likeness (QED) is 0.887. The van der Waals surface area contributed by atoms with Crippen LogP contribution in [0.2, 0.25) is 0 Å². The molecule has 0 spiro atoms. The molecule has 128 valence electrons. The molecule has 0 aliphatic carbocycles. The van der Waals surface area contributed by atoms with E-state index in [4.69, 9.17) is 0 Å². The van der Waals surface area contributed by atoms with Crippen LogP contribution in [0.1, 0.15) is 38.7 Å². The first kappa shape index (κ1) is 18.0. The van der Waals surface area contributed by atoms with E-state index in [0.29, 0.717) is 5.56 Å². The molecule has 24 heavy (non-hydrogen) atoms. The molecule has 0 heterocycles. The van der Waals surface area contributed by atoms with E-state index in [0.717, 1.165) is 27.9 Å². The average Bonchev–Trinajstić information content (AvgIpc) is 2.51. The number of rotatable bonds is 5. The van der Waals surface area contributed by atoms with Crippen LogP contribution >= 0.6 is 0 Å². The van der Waals surface area contributed by atoms with Gasteiger partial charge < -0.3 is 15.3 Å². The van der Waals surface area contributed by atoms with E-state index in [-0.39, 0.29) is 12.5 Å². The van der Waals surface area contributed by atoms with E-state index >= 15 is 0 Å². The lowest BCUT2D eigenvalue weighted by atomic mass is 9.99. The normalized spacial score (nSPS) is 11.9. The van der Waals surface area contributed by atoms with Crippen LogP contribution in [0.15, 0.2) is 36.4 Å². The van der Waals surface area contributed by atoms with Crippen LogP contribution in [0.5, 0.6) is 0 Å². The summed E-state index contributed by atoms with van der Waals surface area (Å²) in [6.45, 7) is 6.08. The summed E-state index contributed by atoms with van der Waals surface area (Å²) in [5.41, 5.74) is 5.60. The van der Waals surface area contributed by atoms with E-state index in [2.05, 4.69) is 5.32 Å². The number of anilines is 1. The standard InChI is InChI=1S/C20H26N2O2/c1-13-10-14(2)19(15(3)11-13)20(24)21-12-18(23)16-6-8-17(9-7-16)22(4)5/h6-11,18,23H,12H2,1-5H3,(H,21,24). The first-order chi connectivity index (χ1) is 11.3. The molecule has 0 bridgehead atoms. The minimum Gasteiger partial charge on any atom is -0.387 e. The summed E-state index contributed by atoms with van der Waals surface area (Å²) in [4.78, 5) is 14.4. The van der Waals surface area contributed by atoms with Gasteiger partial charge in [-0.25, -0.2) is 0 Å². The van der Waals surface area contributed by atoms with Gasteiger partial charge in [0.1, 0.15) is 0 Å². The van der Waals surface area contributed by atoms with Gasteiger partial charge in [-0.2, -0.15) is 0 Å². The van der Waals surface area contributed by atoms with Crippen LogP contribution in [-0.4, -0.2) is 31.7 Å². The van der Waals surface area contributed by atoms with Crippen molar-refractivity contribution >= 4 is 11.6 Å². The summed E-state index contributed by atoms with van der Waals surface area (Å²) >= 11 is 0. The van der Waals surface area contributed by atoms with Crippen LogP contribution in [-0.2, 0) is 0 Å². The predicted octanol–water partition coefficient (Wildman–Crippen LogP) is 3.14. The Hall–Kier alpha value is -2.33. The highest BCUT2D eigenvalue weighted by Crippen LogP contribution is 2.19. The van der Waals surface area contributed by atoms with Crippen molar-refractivity contribution in [2.75, 3.05) is 25.5 Å². The van der Waals surface area contributed by atoms with E-state index in [1.807, 2.05) is 76.2 Å². The molecule has 2 aromatic rings. The SMILES string of the molecule is Cc1cc(C)c(C(=O)NCC(O)c2ccc(N(C)C)cc2)c(C)c1. The molecule has 2 aromatic carbocycles. The summed E-state index contributed by atoms with van der Waals surface area (Å²) in [6.07, 6.45) is -0.726. The zero-order valence-corrected chi connectivity index (χ0v) is 15.1. The molecule has 0 aromatic heterocycles. The molecule has 1 amide bonds. The van der Waals surface area contributed by atoms with Gasteiger partial charge >= 0.3 is 0 Å². The topological polar surface area (TPSA) is 52.6 Å². The Labute approximate surface area is 144 Å². The summed E-state index contributed by atoms with van der Waals surface area (Å²) in [5, 5.41) is 13.1. The number of aliphatic hydroxyl groups is 1. The number of carbonyl (C=O) groups excluding carboxylic acids is 1. The largest absolute Gasteiger partial charge is 0.387 e. The van der Waals surface area contributed by atoms with E-state index in [1.165, 1.54) is 0 Å². The van der Waals surface area contributed by atoms with Crippen molar-refractivity contribution in [3.05, 3.63) is 64.2 Å². The third-order valence-corrected chi connectivity index (χ3v) is 4.15. The first-order valence-electron chi connectivity index (χ1n) is 8.11. The number of nitrogens with zero attached hydrogens (tertiary/aromatic N) is 1. The minimum atomic E-state index is -0.726. The number of aryl methyl sites for hydroxylation is 3. The van der Waals surface area contributed by atoms with Gasteiger partial charge in [0.05, 0.1) is 6.10 Å². The summed E-state index contributed by atoms with van der Waals surface area (Å²) in [7, 11) is 3.94. The van der Waals surface area contributed by atoms with Crippen LogP contribution in [0.4, 0.5) is 5.69 Å². The second kappa shape index (κ2) is 7.49. The van der Waals surface area contributed by atoms with Crippen molar-refractivity contribution in [2.45, 2.75) is 26.9 Å². The van der Waals surface area contributed by atoms with Crippen molar-refractivity contribution < 1.29 is 9.90 Å². The molecule has 1 unspecified atom stereocenters. The number of amides is 1. The maximum absolute atomic E-state index is 12.4. The molecule has 0 radical (unpaired) electrons. The van der Waals surface area contributed by atoms with Crippen LogP contribution < -0.4 is 10.2 Å². The average molecular weight is 326 g/mol. The van der Waals surface area contributed by atoms with Crippen molar-refractivity contribution in [3.8, 4) is 0 Å². The molecular weight excluding hydrogens is 300 g/mol. The molecule has 1 atom stereocenters. The summed E-state index contributed by atoms with van der Waals surface area (Å²) in [6, 6.07) is 11.7. The van der Waals surface area contributed by atoms with Crippen LogP contribution in [0, 0.1) is 20.8 Å². The summed E-state index contributed by atoms with van der Waals surface area (Å²) in [5.74, 6) is -0.144. The second-order valence-corrected chi connectivity index (χ2v) is 6.49. The van der Waals surface area contributed by atoms with Gasteiger partial charge in [0.2, 0.25) is 0 Å². The maximum atomic E-state index is 12.4. The highest BCUT2D eigenvalue weighted by atomic mass is 16.3. The molecule has 0 saturated heterocycles. The van der Waals surface area contributed by atoms with Gasteiger partial charge in [0.15, 0.2) is 0 Å².